The third-order valence-corrected chi connectivity index (χ3v) is 4.79. The first-order valence-electron chi connectivity index (χ1n) is 7.80. The number of thioether (sulfide) groups is 1. The lowest BCUT2D eigenvalue weighted by Gasteiger charge is -2.12. The number of hydrogen-bond donors (Lipinski definition) is 2. The summed E-state index contributed by atoms with van der Waals surface area (Å²) in [7, 11) is 0. The summed E-state index contributed by atoms with van der Waals surface area (Å²) in [4.78, 5) is 23.9. The van der Waals surface area contributed by atoms with Crippen molar-refractivity contribution < 1.29 is 4.79 Å². The number of anilines is 1. The number of benzene rings is 1. The van der Waals surface area contributed by atoms with Gasteiger partial charge in [0.05, 0.1) is 17.1 Å². The van der Waals surface area contributed by atoms with Crippen LogP contribution in [0.2, 0.25) is 5.02 Å². The lowest BCUT2D eigenvalue weighted by Crippen LogP contribution is -2.07. The Hall–Kier alpha value is -2.31. The number of aromatic nitrogens is 3. The maximum Gasteiger partial charge on any atom is 0.190 e. The van der Waals surface area contributed by atoms with E-state index >= 15 is 0 Å². The van der Waals surface area contributed by atoms with E-state index < -0.39 is 0 Å². The molecule has 0 radical (unpaired) electrons. The zero-order valence-corrected chi connectivity index (χ0v) is 15.2. The van der Waals surface area contributed by atoms with Gasteiger partial charge in [-0.3, -0.25) is 4.79 Å². The molecule has 0 aliphatic carbocycles. The molecular formula is C18H17ClN4OS. The van der Waals surface area contributed by atoms with Gasteiger partial charge in [0.15, 0.2) is 10.9 Å². The van der Waals surface area contributed by atoms with Gasteiger partial charge in [-0.25, -0.2) is 9.97 Å². The molecule has 5 nitrogen and oxygen atoms in total. The molecule has 3 aromatic rings. The molecule has 0 saturated carbocycles. The van der Waals surface area contributed by atoms with Crippen LogP contribution in [0.25, 0.3) is 11.1 Å². The van der Waals surface area contributed by atoms with Crippen LogP contribution in [0, 0.1) is 0 Å². The average Bonchev–Trinajstić information content (AvgIpc) is 3.15. The van der Waals surface area contributed by atoms with E-state index in [-0.39, 0.29) is 11.5 Å². The molecule has 1 aromatic carbocycles. The molecule has 0 bridgehead atoms. The van der Waals surface area contributed by atoms with Gasteiger partial charge in [-0.05, 0) is 36.2 Å². The fraction of sp³-hybridized carbons (Fsp3) is 0.167. The van der Waals surface area contributed by atoms with Crippen molar-refractivity contribution in [1.29, 1.82) is 0 Å². The Morgan fingerprint density at radius 3 is 2.64 bits per heavy atom. The number of aryl methyl sites for hydroxylation is 1. The second kappa shape index (κ2) is 7.72. The zero-order chi connectivity index (χ0) is 17.8. The average molecular weight is 373 g/mol. The van der Waals surface area contributed by atoms with E-state index in [1.165, 1.54) is 11.8 Å². The Labute approximate surface area is 155 Å². The highest BCUT2D eigenvalue weighted by atomic mass is 35.5. The Kier molecular flexibility index (Phi) is 5.40. The summed E-state index contributed by atoms with van der Waals surface area (Å²) in [6.45, 7) is 2.01. The van der Waals surface area contributed by atoms with Crippen LogP contribution < -0.4 is 5.73 Å². The van der Waals surface area contributed by atoms with Crippen molar-refractivity contribution in [2.75, 3.05) is 11.5 Å². The molecule has 0 atom stereocenters. The molecule has 25 heavy (non-hydrogen) atoms. The summed E-state index contributed by atoms with van der Waals surface area (Å²) in [5, 5.41) is 1.17. The third kappa shape index (κ3) is 4.03. The van der Waals surface area contributed by atoms with Gasteiger partial charge < -0.3 is 10.7 Å². The van der Waals surface area contributed by atoms with Gasteiger partial charge in [0.2, 0.25) is 0 Å². The molecule has 0 fully saturated rings. The Morgan fingerprint density at radius 2 is 2.00 bits per heavy atom. The minimum atomic E-state index is -0.00278. The van der Waals surface area contributed by atoms with E-state index in [9.17, 15) is 4.79 Å². The highest BCUT2D eigenvalue weighted by Gasteiger charge is 2.15. The third-order valence-electron chi connectivity index (χ3n) is 3.69. The molecule has 0 aliphatic rings. The fourth-order valence-electron chi connectivity index (χ4n) is 2.47. The number of nitrogens with one attached hydrogen (secondary N) is 1. The van der Waals surface area contributed by atoms with E-state index in [4.69, 9.17) is 17.3 Å². The maximum absolute atomic E-state index is 12.1. The number of hydrogen-bond acceptors (Lipinski definition) is 5. The van der Waals surface area contributed by atoms with E-state index in [1.807, 2.05) is 31.2 Å². The van der Waals surface area contributed by atoms with E-state index in [2.05, 4.69) is 15.0 Å². The molecule has 7 heteroatoms. The molecule has 128 valence electrons. The molecule has 0 aliphatic heterocycles. The molecule has 0 spiro atoms. The number of Topliss-reactive ketones (excluding diaryl/α,β-unsaturated/α-hetero) is 1. The molecule has 3 rings (SSSR count). The fourth-order valence-corrected chi connectivity index (χ4v) is 3.35. The van der Waals surface area contributed by atoms with Crippen molar-refractivity contribution in [3.63, 3.8) is 0 Å². The second-order valence-corrected chi connectivity index (χ2v) is 6.75. The van der Waals surface area contributed by atoms with Gasteiger partial charge in [-0.15, -0.1) is 0 Å². The number of aromatic amines is 1. The Bertz CT molecular complexity index is 879. The lowest BCUT2D eigenvalue weighted by atomic mass is 10.0. The first kappa shape index (κ1) is 17.5. The lowest BCUT2D eigenvalue weighted by molar-refractivity contribution is 0.101. The SMILES string of the molecule is CCc1nc(SCC(=O)c2ccc[nH]2)nc(N)c1-c1ccc(Cl)cc1. The van der Waals surface area contributed by atoms with Gasteiger partial charge in [-0.2, -0.15) is 0 Å². The molecular weight excluding hydrogens is 356 g/mol. The number of H-pyrrole nitrogens is 1. The summed E-state index contributed by atoms with van der Waals surface area (Å²) >= 11 is 7.23. The van der Waals surface area contributed by atoms with E-state index in [0.29, 0.717) is 28.1 Å². The largest absolute Gasteiger partial charge is 0.383 e. The number of carbonyl (C=O) groups is 1. The smallest absolute Gasteiger partial charge is 0.190 e. The highest BCUT2D eigenvalue weighted by molar-refractivity contribution is 7.99. The number of nitrogen functional groups attached to an aromatic ring is 1. The first-order chi connectivity index (χ1) is 12.1. The number of halogens is 1. The van der Waals surface area contributed by atoms with Crippen LogP contribution in [0.5, 0.6) is 0 Å². The molecule has 3 N–H and O–H groups in total. The van der Waals surface area contributed by atoms with Crippen LogP contribution >= 0.6 is 23.4 Å². The number of nitrogens with zero attached hydrogens (tertiary/aromatic N) is 2. The number of ketones is 1. The number of nitrogens with two attached hydrogens (primary N) is 1. The van der Waals surface area contributed by atoms with Crippen molar-refractivity contribution in [3.05, 3.63) is 59.0 Å². The van der Waals surface area contributed by atoms with Crippen LogP contribution in [0.4, 0.5) is 5.82 Å². The second-order valence-electron chi connectivity index (χ2n) is 5.37. The van der Waals surface area contributed by atoms with Crippen LogP contribution in [-0.4, -0.2) is 26.5 Å². The van der Waals surface area contributed by atoms with Crippen LogP contribution in [0.3, 0.4) is 0 Å². The van der Waals surface area contributed by atoms with Gasteiger partial charge in [0.1, 0.15) is 5.82 Å². The quantitative estimate of drug-likeness (QED) is 0.384. The monoisotopic (exact) mass is 372 g/mol. The predicted octanol–water partition coefficient (Wildman–Crippen LogP) is 4.24. The maximum atomic E-state index is 12.1. The van der Waals surface area contributed by atoms with Crippen LogP contribution in [0.15, 0.2) is 47.8 Å². The summed E-state index contributed by atoms with van der Waals surface area (Å²) < 4.78 is 0. The normalized spacial score (nSPS) is 10.8. The minimum Gasteiger partial charge on any atom is -0.383 e. The molecule has 0 unspecified atom stereocenters. The highest BCUT2D eigenvalue weighted by Crippen LogP contribution is 2.31. The van der Waals surface area contributed by atoms with Gasteiger partial charge in [0.25, 0.3) is 0 Å². The predicted molar refractivity (Wildman–Crippen MR) is 102 cm³/mol. The van der Waals surface area contributed by atoms with Crippen LogP contribution in [0.1, 0.15) is 23.1 Å². The van der Waals surface area contributed by atoms with E-state index in [1.54, 1.807) is 18.3 Å². The van der Waals surface area contributed by atoms with Crippen LogP contribution in [-0.2, 0) is 6.42 Å². The van der Waals surface area contributed by atoms with Gasteiger partial charge in [0, 0.05) is 16.8 Å². The van der Waals surface area contributed by atoms with Gasteiger partial charge in [-0.1, -0.05) is 42.4 Å². The molecule has 0 amide bonds. The van der Waals surface area contributed by atoms with Crippen molar-refractivity contribution in [2.24, 2.45) is 0 Å². The Balaban J connectivity index is 1.84. The number of carbonyl (C=O) groups excluding carboxylic acids is 1. The number of rotatable bonds is 6. The Morgan fingerprint density at radius 1 is 1.24 bits per heavy atom. The molecule has 0 saturated heterocycles. The topological polar surface area (TPSA) is 84.7 Å². The summed E-state index contributed by atoms with van der Waals surface area (Å²) in [6, 6.07) is 11.0. The van der Waals surface area contributed by atoms with Crippen molar-refractivity contribution in [2.45, 2.75) is 18.5 Å². The van der Waals surface area contributed by atoms with Gasteiger partial charge >= 0.3 is 0 Å². The zero-order valence-electron chi connectivity index (χ0n) is 13.6. The minimum absolute atomic E-state index is 0.00278. The van der Waals surface area contributed by atoms with Crippen molar-refractivity contribution >= 4 is 35.0 Å². The summed E-state index contributed by atoms with van der Waals surface area (Å²) in [5.74, 6) is 0.657. The summed E-state index contributed by atoms with van der Waals surface area (Å²) in [5.41, 5.74) is 9.36. The summed E-state index contributed by atoms with van der Waals surface area (Å²) in [6.07, 6.45) is 2.44. The van der Waals surface area contributed by atoms with E-state index in [0.717, 1.165) is 16.8 Å². The van der Waals surface area contributed by atoms with Crippen molar-refractivity contribution in [1.82, 2.24) is 15.0 Å². The molecule has 2 heterocycles. The standard InChI is InChI=1S/C18H17ClN4OS/c1-2-13-16(11-5-7-12(19)8-6-11)17(20)23-18(22-13)25-10-15(24)14-4-3-9-21-14/h3-9,21H,2,10H2,1H3,(H2,20,22,23). The van der Waals surface area contributed by atoms with Crippen molar-refractivity contribution in [3.8, 4) is 11.1 Å². The first-order valence-corrected chi connectivity index (χ1v) is 9.16. The molecule has 2 aromatic heterocycles.